The highest BCUT2D eigenvalue weighted by molar-refractivity contribution is 4.68. The van der Waals surface area contributed by atoms with E-state index in [1.54, 1.807) is 0 Å². The molecule has 0 fully saturated rings. The molecule has 0 aliphatic rings. The maximum atomic E-state index is 5.32. The Morgan fingerprint density at radius 3 is 2.64 bits per heavy atom. The van der Waals surface area contributed by atoms with Crippen molar-refractivity contribution in [2.45, 2.75) is 26.7 Å². The number of rotatable bonds is 7. The summed E-state index contributed by atoms with van der Waals surface area (Å²) in [6, 6.07) is 0. The smallest absolute Gasteiger partial charge is 0.00745 e. The van der Waals surface area contributed by atoms with Gasteiger partial charge in [-0.25, -0.2) is 0 Å². The molecule has 2 heteroatoms. The van der Waals surface area contributed by atoms with E-state index in [0.29, 0.717) is 0 Å². The van der Waals surface area contributed by atoms with Crippen LogP contribution in [0.15, 0.2) is 0 Å². The molecule has 0 unspecified atom stereocenters. The molecule has 0 spiro atoms. The Bertz CT molecular complexity index is 72.0. The van der Waals surface area contributed by atoms with E-state index in [4.69, 9.17) is 5.73 Å². The second-order valence-corrected chi connectivity index (χ2v) is 3.16. The zero-order chi connectivity index (χ0) is 8.53. The van der Waals surface area contributed by atoms with Crippen molar-refractivity contribution in [3.05, 3.63) is 6.42 Å². The lowest BCUT2D eigenvalue weighted by Crippen LogP contribution is -2.23. The van der Waals surface area contributed by atoms with E-state index < -0.39 is 0 Å². The number of nitrogens with two attached hydrogens (primary N) is 1. The largest absolute Gasteiger partial charge is 0.329 e. The van der Waals surface area contributed by atoms with Gasteiger partial charge in [0.05, 0.1) is 0 Å². The molecular formula is C9H21N2. The number of nitrogens with one attached hydrogen (secondary N) is 1. The summed E-state index contributed by atoms with van der Waals surface area (Å²) in [6.07, 6.45) is 4.80. The van der Waals surface area contributed by atoms with Crippen LogP contribution in [0.25, 0.3) is 0 Å². The molecule has 0 amide bonds. The fraction of sp³-hybridized carbons (Fsp3) is 0.889. The van der Waals surface area contributed by atoms with Gasteiger partial charge in [-0.3, -0.25) is 0 Å². The molecule has 0 bridgehead atoms. The highest BCUT2D eigenvalue weighted by atomic mass is 14.9. The zero-order valence-corrected chi connectivity index (χ0v) is 7.77. The van der Waals surface area contributed by atoms with Gasteiger partial charge in [-0.15, -0.1) is 0 Å². The van der Waals surface area contributed by atoms with Crippen LogP contribution < -0.4 is 11.1 Å². The third-order valence-electron chi connectivity index (χ3n) is 1.52. The van der Waals surface area contributed by atoms with E-state index in [-0.39, 0.29) is 0 Å². The Hall–Kier alpha value is -0.0800. The van der Waals surface area contributed by atoms with Crippen LogP contribution >= 0.6 is 0 Å². The monoisotopic (exact) mass is 157 g/mol. The van der Waals surface area contributed by atoms with Crippen molar-refractivity contribution in [3.63, 3.8) is 0 Å². The van der Waals surface area contributed by atoms with Gasteiger partial charge in [0.2, 0.25) is 0 Å². The molecule has 2 nitrogen and oxygen atoms in total. The molecule has 0 aromatic rings. The molecule has 0 aliphatic carbocycles. The lowest BCUT2D eigenvalue weighted by Gasteiger charge is -2.04. The molecule has 0 saturated heterocycles. The summed E-state index contributed by atoms with van der Waals surface area (Å²) in [5.74, 6) is 0.726. The SMILES string of the molecule is CC(C)[CH]CCCNCCN. The van der Waals surface area contributed by atoms with Crippen LogP contribution in [-0.2, 0) is 0 Å². The van der Waals surface area contributed by atoms with E-state index in [9.17, 15) is 0 Å². The Morgan fingerprint density at radius 1 is 1.36 bits per heavy atom. The van der Waals surface area contributed by atoms with Gasteiger partial charge in [0.1, 0.15) is 0 Å². The van der Waals surface area contributed by atoms with Crippen molar-refractivity contribution in [1.82, 2.24) is 5.32 Å². The number of hydrogen-bond donors (Lipinski definition) is 2. The molecule has 3 N–H and O–H groups in total. The fourth-order valence-electron chi connectivity index (χ4n) is 0.905. The minimum Gasteiger partial charge on any atom is -0.329 e. The minimum absolute atomic E-state index is 0.726. The molecular weight excluding hydrogens is 136 g/mol. The standard InChI is InChI=1S/C9H21N2/c1-9(2)5-3-4-7-11-8-6-10/h5,9,11H,3-4,6-8,10H2,1-2H3. The maximum absolute atomic E-state index is 5.32. The average molecular weight is 157 g/mol. The number of unbranched alkanes of at least 4 members (excludes halogenated alkanes) is 1. The molecule has 0 atom stereocenters. The predicted octanol–water partition coefficient (Wildman–Crippen LogP) is 1.18. The van der Waals surface area contributed by atoms with Gasteiger partial charge in [0, 0.05) is 13.1 Å². The summed E-state index contributed by atoms with van der Waals surface area (Å²) >= 11 is 0. The Kier molecular flexibility index (Phi) is 7.96. The fourth-order valence-corrected chi connectivity index (χ4v) is 0.905. The summed E-state index contributed by atoms with van der Waals surface area (Å²) in [7, 11) is 0. The van der Waals surface area contributed by atoms with Crippen molar-refractivity contribution in [1.29, 1.82) is 0 Å². The van der Waals surface area contributed by atoms with Crippen molar-refractivity contribution in [3.8, 4) is 0 Å². The van der Waals surface area contributed by atoms with Crippen LogP contribution in [0.2, 0.25) is 0 Å². The van der Waals surface area contributed by atoms with Crippen LogP contribution in [0.1, 0.15) is 26.7 Å². The first-order valence-corrected chi connectivity index (χ1v) is 4.51. The van der Waals surface area contributed by atoms with Crippen LogP contribution in [0.4, 0.5) is 0 Å². The first-order chi connectivity index (χ1) is 5.27. The van der Waals surface area contributed by atoms with Gasteiger partial charge in [-0.2, -0.15) is 0 Å². The minimum atomic E-state index is 0.726. The van der Waals surface area contributed by atoms with Gasteiger partial charge in [0.15, 0.2) is 0 Å². The maximum Gasteiger partial charge on any atom is 0.00745 e. The highest BCUT2D eigenvalue weighted by Gasteiger charge is 1.93. The lowest BCUT2D eigenvalue weighted by atomic mass is 10.1. The van der Waals surface area contributed by atoms with E-state index in [1.165, 1.54) is 12.8 Å². The molecule has 0 rings (SSSR count). The quantitative estimate of drug-likeness (QED) is 0.544. The summed E-state index contributed by atoms with van der Waals surface area (Å²) in [4.78, 5) is 0. The molecule has 11 heavy (non-hydrogen) atoms. The summed E-state index contributed by atoms with van der Waals surface area (Å²) in [6.45, 7) is 7.22. The summed E-state index contributed by atoms with van der Waals surface area (Å²) < 4.78 is 0. The van der Waals surface area contributed by atoms with Gasteiger partial charge < -0.3 is 11.1 Å². The van der Waals surface area contributed by atoms with Crippen molar-refractivity contribution < 1.29 is 0 Å². The predicted molar refractivity (Wildman–Crippen MR) is 50.3 cm³/mol. The summed E-state index contributed by atoms with van der Waals surface area (Å²) in [5, 5.41) is 3.26. The Balaban J connectivity index is 2.80. The lowest BCUT2D eigenvalue weighted by molar-refractivity contribution is 0.617. The molecule has 0 saturated carbocycles. The van der Waals surface area contributed by atoms with E-state index in [0.717, 1.165) is 25.6 Å². The third-order valence-corrected chi connectivity index (χ3v) is 1.52. The van der Waals surface area contributed by atoms with E-state index >= 15 is 0 Å². The van der Waals surface area contributed by atoms with E-state index in [2.05, 4.69) is 25.6 Å². The van der Waals surface area contributed by atoms with Gasteiger partial charge in [0.25, 0.3) is 0 Å². The van der Waals surface area contributed by atoms with Gasteiger partial charge in [-0.05, 0) is 31.7 Å². The van der Waals surface area contributed by atoms with Crippen molar-refractivity contribution >= 4 is 0 Å². The molecule has 0 heterocycles. The van der Waals surface area contributed by atoms with Crippen LogP contribution in [0.5, 0.6) is 0 Å². The topological polar surface area (TPSA) is 38.0 Å². The van der Waals surface area contributed by atoms with Crippen LogP contribution in [0.3, 0.4) is 0 Å². The zero-order valence-electron chi connectivity index (χ0n) is 7.77. The van der Waals surface area contributed by atoms with Crippen molar-refractivity contribution in [2.24, 2.45) is 11.7 Å². The second-order valence-electron chi connectivity index (χ2n) is 3.16. The second kappa shape index (κ2) is 8.02. The third kappa shape index (κ3) is 9.92. The molecule has 0 aromatic heterocycles. The van der Waals surface area contributed by atoms with E-state index in [1.807, 2.05) is 0 Å². The first kappa shape index (κ1) is 10.9. The summed E-state index contributed by atoms with van der Waals surface area (Å²) in [5.41, 5.74) is 5.32. The van der Waals surface area contributed by atoms with Crippen LogP contribution in [0, 0.1) is 12.3 Å². The van der Waals surface area contributed by atoms with Gasteiger partial charge >= 0.3 is 0 Å². The first-order valence-electron chi connectivity index (χ1n) is 4.51. The molecule has 67 valence electrons. The highest BCUT2D eigenvalue weighted by Crippen LogP contribution is 2.03. The average Bonchev–Trinajstić information content (AvgIpc) is 1.96. The number of hydrogen-bond acceptors (Lipinski definition) is 2. The Labute approximate surface area is 70.5 Å². The molecule has 0 aliphatic heterocycles. The normalized spacial score (nSPS) is 10.9. The van der Waals surface area contributed by atoms with Gasteiger partial charge in [-0.1, -0.05) is 13.8 Å². The Morgan fingerprint density at radius 2 is 2.09 bits per heavy atom. The van der Waals surface area contributed by atoms with Crippen molar-refractivity contribution in [2.75, 3.05) is 19.6 Å². The van der Waals surface area contributed by atoms with Crippen LogP contribution in [-0.4, -0.2) is 19.6 Å². The molecule has 0 aromatic carbocycles. The molecule has 1 radical (unpaired) electrons.